The van der Waals surface area contributed by atoms with Crippen molar-refractivity contribution in [2.24, 2.45) is 5.92 Å². The van der Waals surface area contributed by atoms with Gasteiger partial charge in [-0.3, -0.25) is 9.88 Å². The van der Waals surface area contributed by atoms with Gasteiger partial charge in [-0.05, 0) is 43.9 Å². The number of rotatable bonds is 3. The predicted octanol–water partition coefficient (Wildman–Crippen LogP) is 2.85. The van der Waals surface area contributed by atoms with E-state index in [1.807, 2.05) is 18.5 Å². The number of hydrogen-bond donors (Lipinski definition) is 1. The van der Waals surface area contributed by atoms with Gasteiger partial charge in [-0.15, -0.1) is 0 Å². The molecule has 0 aromatic carbocycles. The van der Waals surface area contributed by atoms with E-state index in [0.717, 1.165) is 6.54 Å². The van der Waals surface area contributed by atoms with E-state index >= 15 is 0 Å². The molecule has 1 aliphatic rings. The van der Waals surface area contributed by atoms with Crippen molar-refractivity contribution in [3.05, 3.63) is 30.1 Å². The number of aromatic nitrogens is 1. The lowest BCUT2D eigenvalue weighted by Gasteiger charge is -2.36. The molecular weight excluding hydrogens is 234 g/mol. The van der Waals surface area contributed by atoms with Crippen molar-refractivity contribution in [2.75, 3.05) is 19.6 Å². The van der Waals surface area contributed by atoms with Crippen LogP contribution in [0.25, 0.3) is 0 Å². The molecule has 19 heavy (non-hydrogen) atoms. The first-order valence-electron chi connectivity index (χ1n) is 7.58. The van der Waals surface area contributed by atoms with Crippen molar-refractivity contribution in [1.29, 1.82) is 0 Å². The minimum absolute atomic E-state index is 0.465. The number of pyridine rings is 1. The maximum absolute atomic E-state index is 4.25. The molecule has 0 aliphatic carbocycles. The average Bonchev–Trinajstić information content (AvgIpc) is 2.43. The molecule has 0 spiro atoms. The summed E-state index contributed by atoms with van der Waals surface area (Å²) in [6.07, 6.45) is 6.32. The Morgan fingerprint density at radius 3 is 3.05 bits per heavy atom. The van der Waals surface area contributed by atoms with E-state index in [9.17, 15) is 0 Å². The lowest BCUT2D eigenvalue weighted by atomic mass is 10.0. The lowest BCUT2D eigenvalue weighted by Crippen LogP contribution is -2.44. The van der Waals surface area contributed by atoms with Crippen molar-refractivity contribution >= 4 is 0 Å². The molecule has 0 radical (unpaired) electrons. The van der Waals surface area contributed by atoms with Crippen LogP contribution in [0.5, 0.6) is 0 Å². The smallest absolute Gasteiger partial charge is 0.0335 e. The van der Waals surface area contributed by atoms with E-state index in [1.54, 1.807) is 0 Å². The van der Waals surface area contributed by atoms with Crippen LogP contribution in [0, 0.1) is 5.92 Å². The molecular formula is C16H27N3. The van der Waals surface area contributed by atoms with Gasteiger partial charge in [-0.1, -0.05) is 19.9 Å². The zero-order valence-corrected chi connectivity index (χ0v) is 12.5. The molecule has 1 N–H and O–H groups in total. The maximum atomic E-state index is 4.25. The molecule has 0 amide bonds. The number of nitrogens with zero attached hydrogens (tertiary/aromatic N) is 2. The van der Waals surface area contributed by atoms with Crippen LogP contribution in [-0.4, -0.2) is 35.6 Å². The summed E-state index contributed by atoms with van der Waals surface area (Å²) < 4.78 is 0. The molecule has 3 atom stereocenters. The fourth-order valence-corrected chi connectivity index (χ4v) is 2.88. The highest BCUT2D eigenvalue weighted by Crippen LogP contribution is 2.22. The van der Waals surface area contributed by atoms with E-state index in [-0.39, 0.29) is 0 Å². The minimum Gasteiger partial charge on any atom is -0.314 e. The summed E-state index contributed by atoms with van der Waals surface area (Å²) in [5, 5.41) is 3.68. The molecule has 0 bridgehead atoms. The van der Waals surface area contributed by atoms with E-state index in [0.29, 0.717) is 18.0 Å². The Bertz CT molecular complexity index is 366. The second-order valence-corrected chi connectivity index (χ2v) is 5.86. The predicted molar refractivity (Wildman–Crippen MR) is 80.1 cm³/mol. The summed E-state index contributed by atoms with van der Waals surface area (Å²) in [5.41, 5.74) is 1.33. The first-order valence-corrected chi connectivity index (χ1v) is 7.58. The molecule has 1 saturated heterocycles. The van der Waals surface area contributed by atoms with Crippen LogP contribution >= 0.6 is 0 Å². The monoisotopic (exact) mass is 261 g/mol. The highest BCUT2D eigenvalue weighted by Gasteiger charge is 2.22. The lowest BCUT2D eigenvalue weighted by molar-refractivity contribution is 0.153. The molecule has 3 nitrogen and oxygen atoms in total. The largest absolute Gasteiger partial charge is 0.314 e. The Hall–Kier alpha value is -0.930. The second-order valence-electron chi connectivity index (χ2n) is 5.86. The summed E-state index contributed by atoms with van der Waals surface area (Å²) in [6, 6.07) is 5.37. The third kappa shape index (κ3) is 4.02. The standard InChI is InChI=1S/C16H27N3/c1-4-16-7-9-19(12-13(2)10-18-16)14(3)15-6-5-8-17-11-15/h5-6,8,11,13-14,16,18H,4,7,9-10,12H2,1-3H3. The third-order valence-electron chi connectivity index (χ3n) is 4.27. The molecule has 3 heteroatoms. The molecule has 1 fully saturated rings. The van der Waals surface area contributed by atoms with Crippen molar-refractivity contribution in [2.45, 2.75) is 45.7 Å². The second kappa shape index (κ2) is 7.01. The highest BCUT2D eigenvalue weighted by molar-refractivity contribution is 5.13. The number of nitrogens with one attached hydrogen (secondary N) is 1. The van der Waals surface area contributed by atoms with Gasteiger partial charge >= 0.3 is 0 Å². The van der Waals surface area contributed by atoms with Crippen LogP contribution in [-0.2, 0) is 0 Å². The molecule has 2 rings (SSSR count). The van der Waals surface area contributed by atoms with Gasteiger partial charge in [0.15, 0.2) is 0 Å². The van der Waals surface area contributed by atoms with Gasteiger partial charge < -0.3 is 5.32 Å². The van der Waals surface area contributed by atoms with Gasteiger partial charge in [0, 0.05) is 37.6 Å². The molecule has 106 valence electrons. The van der Waals surface area contributed by atoms with Crippen LogP contribution in [0.2, 0.25) is 0 Å². The molecule has 2 heterocycles. The molecule has 0 saturated carbocycles. The van der Waals surface area contributed by atoms with Gasteiger partial charge in [0.25, 0.3) is 0 Å². The van der Waals surface area contributed by atoms with Crippen molar-refractivity contribution in [1.82, 2.24) is 15.2 Å². The molecule has 1 aliphatic heterocycles. The van der Waals surface area contributed by atoms with Crippen LogP contribution < -0.4 is 5.32 Å². The molecule has 1 aromatic rings. The summed E-state index contributed by atoms with van der Waals surface area (Å²) in [4.78, 5) is 6.87. The van der Waals surface area contributed by atoms with E-state index in [1.165, 1.54) is 31.5 Å². The summed E-state index contributed by atoms with van der Waals surface area (Å²) in [6.45, 7) is 10.4. The first-order chi connectivity index (χ1) is 9.20. The van der Waals surface area contributed by atoms with Gasteiger partial charge in [-0.2, -0.15) is 0 Å². The van der Waals surface area contributed by atoms with Crippen molar-refractivity contribution < 1.29 is 0 Å². The highest BCUT2D eigenvalue weighted by atomic mass is 15.2. The number of hydrogen-bond acceptors (Lipinski definition) is 3. The van der Waals surface area contributed by atoms with Gasteiger partial charge in [0.05, 0.1) is 0 Å². The summed E-state index contributed by atoms with van der Waals surface area (Å²) in [5.74, 6) is 0.702. The van der Waals surface area contributed by atoms with Crippen molar-refractivity contribution in [3.8, 4) is 0 Å². The van der Waals surface area contributed by atoms with Crippen LogP contribution in [0.15, 0.2) is 24.5 Å². The van der Waals surface area contributed by atoms with E-state index < -0.39 is 0 Å². The van der Waals surface area contributed by atoms with Crippen LogP contribution in [0.1, 0.15) is 45.2 Å². The summed E-state index contributed by atoms with van der Waals surface area (Å²) >= 11 is 0. The zero-order valence-electron chi connectivity index (χ0n) is 12.5. The Labute approximate surface area is 117 Å². The van der Waals surface area contributed by atoms with Gasteiger partial charge in [0.1, 0.15) is 0 Å². The normalized spacial score (nSPS) is 27.5. The van der Waals surface area contributed by atoms with Crippen LogP contribution in [0.3, 0.4) is 0 Å². The molecule has 1 aromatic heterocycles. The Morgan fingerprint density at radius 1 is 1.53 bits per heavy atom. The van der Waals surface area contributed by atoms with E-state index in [4.69, 9.17) is 0 Å². The van der Waals surface area contributed by atoms with Gasteiger partial charge in [0.2, 0.25) is 0 Å². The fourth-order valence-electron chi connectivity index (χ4n) is 2.88. The maximum Gasteiger partial charge on any atom is 0.0335 e. The average molecular weight is 261 g/mol. The van der Waals surface area contributed by atoms with E-state index in [2.05, 4.69) is 42.0 Å². The Morgan fingerprint density at radius 2 is 2.37 bits per heavy atom. The van der Waals surface area contributed by atoms with Gasteiger partial charge in [-0.25, -0.2) is 0 Å². The third-order valence-corrected chi connectivity index (χ3v) is 4.27. The topological polar surface area (TPSA) is 28.2 Å². The minimum atomic E-state index is 0.465. The fraction of sp³-hybridized carbons (Fsp3) is 0.688. The summed E-state index contributed by atoms with van der Waals surface area (Å²) in [7, 11) is 0. The quantitative estimate of drug-likeness (QED) is 0.907. The SMILES string of the molecule is CCC1CCN(C(C)c2cccnc2)CC(C)CN1. The van der Waals surface area contributed by atoms with Crippen molar-refractivity contribution in [3.63, 3.8) is 0 Å². The molecule has 3 unspecified atom stereocenters. The Kier molecular flexibility index (Phi) is 5.34. The Balaban J connectivity index is 2.04. The first kappa shape index (κ1) is 14.5. The zero-order chi connectivity index (χ0) is 13.7. The van der Waals surface area contributed by atoms with Crippen LogP contribution in [0.4, 0.5) is 0 Å².